The summed E-state index contributed by atoms with van der Waals surface area (Å²) < 4.78 is 0. The molecule has 10 heteroatoms. The number of carbonyl (C=O) groups excluding carboxylic acids is 2. The fourth-order valence-electron chi connectivity index (χ4n) is 2.64. The summed E-state index contributed by atoms with van der Waals surface area (Å²) in [6.45, 7) is 0. The summed E-state index contributed by atoms with van der Waals surface area (Å²) in [5, 5.41) is 41.9. The van der Waals surface area contributed by atoms with Crippen molar-refractivity contribution < 1.29 is 29.6 Å². The highest BCUT2D eigenvalue weighted by molar-refractivity contribution is 6.32. The zero-order valence-corrected chi connectivity index (χ0v) is 11.5. The number of nitro groups is 2. The number of phenolic OH excluding ortho intramolecular Hbond substituents is 2. The van der Waals surface area contributed by atoms with Gasteiger partial charge in [-0.05, 0) is 12.1 Å². The van der Waals surface area contributed by atoms with E-state index < -0.39 is 66.5 Å². The SMILES string of the molecule is O=C1c2c(O)ccc([N+](=O)[O-])c2C(=O)c2c(O)ccc([N+](=O)[O-])c21. The van der Waals surface area contributed by atoms with Crippen molar-refractivity contribution in [2.24, 2.45) is 0 Å². The molecule has 0 bridgehead atoms. The number of nitro benzene ring substituents is 2. The molecule has 24 heavy (non-hydrogen) atoms. The van der Waals surface area contributed by atoms with Gasteiger partial charge in [-0.3, -0.25) is 29.8 Å². The Morgan fingerprint density at radius 3 is 1.29 bits per heavy atom. The van der Waals surface area contributed by atoms with Crippen molar-refractivity contribution in [2.45, 2.75) is 0 Å². The van der Waals surface area contributed by atoms with E-state index in [9.17, 15) is 40.0 Å². The Morgan fingerprint density at radius 1 is 0.667 bits per heavy atom. The van der Waals surface area contributed by atoms with Gasteiger partial charge in [-0.2, -0.15) is 0 Å². The third-order valence-corrected chi connectivity index (χ3v) is 3.62. The molecule has 0 unspecified atom stereocenters. The summed E-state index contributed by atoms with van der Waals surface area (Å²) in [5.74, 6) is -3.75. The Hall–Kier alpha value is -3.82. The predicted molar refractivity (Wildman–Crippen MR) is 76.4 cm³/mol. The molecule has 0 amide bonds. The van der Waals surface area contributed by atoms with Gasteiger partial charge >= 0.3 is 0 Å². The number of hydrogen-bond acceptors (Lipinski definition) is 8. The van der Waals surface area contributed by atoms with Crippen LogP contribution in [0.4, 0.5) is 11.4 Å². The fraction of sp³-hybridized carbons (Fsp3) is 0. The van der Waals surface area contributed by atoms with Gasteiger partial charge in [0.2, 0.25) is 11.6 Å². The highest BCUT2D eigenvalue weighted by atomic mass is 16.6. The van der Waals surface area contributed by atoms with E-state index in [1.54, 1.807) is 0 Å². The maximum absolute atomic E-state index is 12.6. The summed E-state index contributed by atoms with van der Waals surface area (Å²) in [6, 6.07) is 3.36. The average Bonchev–Trinajstić information content (AvgIpc) is 2.51. The van der Waals surface area contributed by atoms with E-state index in [-0.39, 0.29) is 0 Å². The lowest BCUT2D eigenvalue weighted by Gasteiger charge is -2.18. The van der Waals surface area contributed by atoms with Crippen molar-refractivity contribution in [2.75, 3.05) is 0 Å². The van der Waals surface area contributed by atoms with Gasteiger partial charge in [-0.15, -0.1) is 0 Å². The van der Waals surface area contributed by atoms with Crippen molar-refractivity contribution in [3.05, 3.63) is 66.7 Å². The molecule has 2 aromatic carbocycles. The maximum Gasteiger partial charge on any atom is 0.281 e. The van der Waals surface area contributed by atoms with Crippen LogP contribution >= 0.6 is 0 Å². The number of nitrogens with zero attached hydrogens (tertiary/aromatic N) is 2. The Bertz CT molecular complexity index is 900. The topological polar surface area (TPSA) is 161 Å². The molecule has 1 aliphatic carbocycles. The zero-order chi connectivity index (χ0) is 17.8. The number of hydrogen-bond donors (Lipinski definition) is 2. The summed E-state index contributed by atoms with van der Waals surface area (Å²) in [7, 11) is 0. The van der Waals surface area contributed by atoms with Crippen LogP contribution in [0.5, 0.6) is 11.5 Å². The van der Waals surface area contributed by atoms with Gasteiger partial charge < -0.3 is 10.2 Å². The molecule has 2 N–H and O–H groups in total. The Labute approximate surface area is 131 Å². The predicted octanol–water partition coefficient (Wildman–Crippen LogP) is 1.69. The largest absolute Gasteiger partial charge is 0.507 e. The van der Waals surface area contributed by atoms with Crippen molar-refractivity contribution in [3.63, 3.8) is 0 Å². The highest BCUT2D eigenvalue weighted by Gasteiger charge is 2.43. The first-order chi connectivity index (χ1) is 11.3. The van der Waals surface area contributed by atoms with Gasteiger partial charge in [-0.25, -0.2) is 0 Å². The molecule has 0 spiro atoms. The van der Waals surface area contributed by atoms with E-state index in [2.05, 4.69) is 0 Å². The molecule has 0 saturated carbocycles. The van der Waals surface area contributed by atoms with Crippen molar-refractivity contribution in [1.82, 2.24) is 0 Å². The molecule has 3 rings (SSSR count). The Morgan fingerprint density at radius 2 is 1.00 bits per heavy atom. The normalized spacial score (nSPS) is 12.5. The molecular formula is C14H6N2O8. The number of benzene rings is 2. The number of ketones is 2. The summed E-state index contributed by atoms with van der Waals surface area (Å²) in [5.41, 5.74) is -4.33. The zero-order valence-electron chi connectivity index (χ0n) is 11.5. The number of carbonyl (C=O) groups is 2. The molecule has 0 radical (unpaired) electrons. The van der Waals surface area contributed by atoms with Gasteiger partial charge in [0.05, 0.1) is 21.0 Å². The molecule has 0 saturated heterocycles. The van der Waals surface area contributed by atoms with Gasteiger partial charge in [0.25, 0.3) is 11.4 Å². The monoisotopic (exact) mass is 330 g/mol. The first kappa shape index (κ1) is 15.1. The number of phenols is 2. The van der Waals surface area contributed by atoms with E-state index in [4.69, 9.17) is 0 Å². The van der Waals surface area contributed by atoms with E-state index in [0.717, 1.165) is 24.3 Å². The second-order valence-electron chi connectivity index (χ2n) is 4.88. The Balaban J connectivity index is 2.47. The number of aromatic hydroxyl groups is 2. The minimum absolute atomic E-state index is 0.699. The fourth-order valence-corrected chi connectivity index (χ4v) is 2.64. The van der Waals surface area contributed by atoms with Crippen LogP contribution in [0.15, 0.2) is 24.3 Å². The molecule has 0 aromatic heterocycles. The third kappa shape index (κ3) is 1.83. The highest BCUT2D eigenvalue weighted by Crippen LogP contribution is 2.43. The van der Waals surface area contributed by atoms with Crippen molar-refractivity contribution in [3.8, 4) is 11.5 Å². The van der Waals surface area contributed by atoms with E-state index >= 15 is 0 Å². The van der Waals surface area contributed by atoms with Crippen LogP contribution < -0.4 is 0 Å². The minimum atomic E-state index is -1.15. The summed E-state index contributed by atoms with van der Waals surface area (Å²) in [6.07, 6.45) is 0. The first-order valence-electron chi connectivity index (χ1n) is 6.35. The minimum Gasteiger partial charge on any atom is -0.507 e. The van der Waals surface area contributed by atoms with Gasteiger partial charge in [-0.1, -0.05) is 0 Å². The van der Waals surface area contributed by atoms with Crippen LogP contribution in [-0.2, 0) is 0 Å². The second kappa shape index (κ2) is 4.84. The smallest absolute Gasteiger partial charge is 0.281 e. The van der Waals surface area contributed by atoms with Gasteiger partial charge in [0.1, 0.15) is 22.6 Å². The van der Waals surface area contributed by atoms with Crippen LogP contribution in [0, 0.1) is 20.2 Å². The van der Waals surface area contributed by atoms with Crippen LogP contribution in [-0.4, -0.2) is 31.6 Å². The van der Waals surface area contributed by atoms with E-state index in [1.165, 1.54) is 0 Å². The van der Waals surface area contributed by atoms with Crippen molar-refractivity contribution >= 4 is 22.9 Å². The standard InChI is InChI=1S/C14H6N2O8/c17-7-3-1-5(15(21)22)9-11(7)14(20)10-6(16(23)24)2-4-8(18)12(10)13(9)19/h1-4,17-18H. The molecule has 0 atom stereocenters. The quantitative estimate of drug-likeness (QED) is 0.530. The van der Waals surface area contributed by atoms with Crippen LogP contribution in [0.25, 0.3) is 0 Å². The molecule has 0 aliphatic heterocycles. The summed E-state index contributed by atoms with van der Waals surface area (Å²) >= 11 is 0. The van der Waals surface area contributed by atoms with E-state index in [1.807, 2.05) is 0 Å². The third-order valence-electron chi connectivity index (χ3n) is 3.62. The number of rotatable bonds is 2. The lowest BCUT2D eigenvalue weighted by Crippen LogP contribution is -2.23. The molecule has 2 aromatic rings. The summed E-state index contributed by atoms with van der Waals surface area (Å²) in [4.78, 5) is 45.5. The van der Waals surface area contributed by atoms with Gasteiger partial charge in [0, 0.05) is 12.1 Å². The first-order valence-corrected chi connectivity index (χ1v) is 6.35. The molecule has 10 nitrogen and oxygen atoms in total. The lowest BCUT2D eigenvalue weighted by molar-refractivity contribution is -0.385. The molecule has 0 fully saturated rings. The van der Waals surface area contributed by atoms with Crippen LogP contribution in [0.2, 0.25) is 0 Å². The molecule has 1 aliphatic rings. The van der Waals surface area contributed by atoms with E-state index in [0.29, 0.717) is 0 Å². The Kier molecular flexibility index (Phi) is 3.04. The van der Waals surface area contributed by atoms with Crippen molar-refractivity contribution in [1.29, 1.82) is 0 Å². The second-order valence-corrected chi connectivity index (χ2v) is 4.88. The number of fused-ring (bicyclic) bond motifs is 2. The van der Waals surface area contributed by atoms with Gasteiger partial charge in [0.15, 0.2) is 0 Å². The lowest BCUT2D eigenvalue weighted by atomic mass is 9.81. The van der Waals surface area contributed by atoms with Crippen LogP contribution in [0.3, 0.4) is 0 Å². The average molecular weight is 330 g/mol. The van der Waals surface area contributed by atoms with Crippen LogP contribution in [0.1, 0.15) is 31.8 Å². The molecule has 0 heterocycles. The molecule has 120 valence electrons. The maximum atomic E-state index is 12.6. The molecular weight excluding hydrogens is 324 g/mol.